The van der Waals surface area contributed by atoms with Crippen molar-refractivity contribution >= 4 is 28.3 Å². The van der Waals surface area contributed by atoms with Crippen molar-refractivity contribution in [2.45, 2.75) is 13.1 Å². The molecule has 5 rings (SSSR count). The average Bonchev–Trinajstić information content (AvgIpc) is 3.24. The number of ketones is 1. The summed E-state index contributed by atoms with van der Waals surface area (Å²) in [6, 6.07) is 17.0. The number of nitrogens with zero attached hydrogens (tertiary/aromatic N) is 4. The van der Waals surface area contributed by atoms with Crippen molar-refractivity contribution in [2.24, 2.45) is 0 Å². The van der Waals surface area contributed by atoms with Crippen LogP contribution in [0.5, 0.6) is 5.75 Å². The summed E-state index contributed by atoms with van der Waals surface area (Å²) in [4.78, 5) is 33.9. The third kappa shape index (κ3) is 4.45. The third-order valence-corrected chi connectivity index (χ3v) is 6.56. The summed E-state index contributed by atoms with van der Waals surface area (Å²) in [7, 11) is 3.41. The number of rotatable bonds is 8. The Hall–Kier alpha value is -4.11. The third-order valence-electron chi connectivity index (χ3n) is 6.56. The lowest BCUT2D eigenvalue weighted by atomic mass is 10.1. The molecule has 0 amide bonds. The van der Waals surface area contributed by atoms with Gasteiger partial charge >= 0.3 is 0 Å². The van der Waals surface area contributed by atoms with Crippen molar-refractivity contribution in [2.75, 3.05) is 50.6 Å². The summed E-state index contributed by atoms with van der Waals surface area (Å²) in [5.74, 6) is 1.35. The van der Waals surface area contributed by atoms with Gasteiger partial charge in [-0.2, -0.15) is 0 Å². The van der Waals surface area contributed by atoms with Crippen molar-refractivity contribution in [3.05, 3.63) is 82.4 Å². The van der Waals surface area contributed by atoms with Crippen LogP contribution >= 0.6 is 0 Å². The van der Waals surface area contributed by atoms with E-state index in [2.05, 4.69) is 20.5 Å². The van der Waals surface area contributed by atoms with E-state index in [1.165, 1.54) is 10.9 Å². The van der Waals surface area contributed by atoms with E-state index in [9.17, 15) is 9.59 Å². The fourth-order valence-electron chi connectivity index (χ4n) is 4.76. The van der Waals surface area contributed by atoms with Crippen molar-refractivity contribution < 1.29 is 9.53 Å². The summed E-state index contributed by atoms with van der Waals surface area (Å²) in [5, 5.41) is 6.69. The number of carbonyl (C=O) groups excluding carboxylic acids is 1. The van der Waals surface area contributed by atoms with Gasteiger partial charge in [-0.3, -0.25) is 14.2 Å². The summed E-state index contributed by atoms with van der Waals surface area (Å²) < 4.78 is 8.68. The second-order valence-electron chi connectivity index (χ2n) is 8.79. The number of benzene rings is 2. The predicted molar refractivity (Wildman–Crippen MR) is 141 cm³/mol. The number of methoxy groups -OCH3 is 1. The van der Waals surface area contributed by atoms with Crippen LogP contribution in [0.1, 0.15) is 15.9 Å². The minimum atomic E-state index is -0.245. The smallest absolute Gasteiger partial charge is 0.278 e. The maximum atomic E-state index is 13.9. The lowest BCUT2D eigenvalue weighted by molar-refractivity contribution is 0.0970. The molecule has 0 atom stereocenters. The van der Waals surface area contributed by atoms with E-state index in [0.717, 1.165) is 43.2 Å². The minimum Gasteiger partial charge on any atom is -0.497 e. The molecule has 3 heterocycles. The van der Waals surface area contributed by atoms with E-state index >= 15 is 0 Å². The van der Waals surface area contributed by atoms with Crippen molar-refractivity contribution in [3.63, 3.8) is 0 Å². The van der Waals surface area contributed by atoms with Crippen LogP contribution in [0.3, 0.4) is 0 Å². The number of aromatic nitrogens is 3. The summed E-state index contributed by atoms with van der Waals surface area (Å²) in [6.07, 6.45) is 1.47. The number of hydrogen-bond acceptors (Lipinski definition) is 7. The summed E-state index contributed by atoms with van der Waals surface area (Å²) in [5.41, 5.74) is 3.24. The van der Waals surface area contributed by atoms with Crippen molar-refractivity contribution in [1.29, 1.82) is 0 Å². The van der Waals surface area contributed by atoms with E-state index in [-0.39, 0.29) is 17.9 Å². The number of carbonyl (C=O) groups is 1. The Labute approximate surface area is 209 Å². The van der Waals surface area contributed by atoms with Crippen molar-refractivity contribution in [1.82, 2.24) is 19.4 Å². The average molecular weight is 487 g/mol. The fraction of sp³-hybridized carbons (Fsp3) is 0.296. The Balaban J connectivity index is 1.63. The van der Waals surface area contributed by atoms with Gasteiger partial charge in [0.1, 0.15) is 28.3 Å². The fourth-order valence-corrected chi connectivity index (χ4v) is 4.76. The number of hydrogen-bond donors (Lipinski definition) is 2. The van der Waals surface area contributed by atoms with Gasteiger partial charge in [0.2, 0.25) is 0 Å². The molecule has 9 heteroatoms. The van der Waals surface area contributed by atoms with Crippen LogP contribution in [0.15, 0.2) is 65.7 Å². The summed E-state index contributed by atoms with van der Waals surface area (Å²) in [6.45, 7) is 3.78. The molecule has 2 aromatic carbocycles. The molecule has 0 aliphatic carbocycles. The second-order valence-corrected chi connectivity index (χ2v) is 8.79. The van der Waals surface area contributed by atoms with E-state index in [1.54, 1.807) is 31.4 Å². The van der Waals surface area contributed by atoms with Gasteiger partial charge in [0.15, 0.2) is 5.78 Å². The molecule has 0 bridgehead atoms. The molecular weight excluding hydrogens is 456 g/mol. The van der Waals surface area contributed by atoms with Crippen LogP contribution in [0.2, 0.25) is 0 Å². The number of anilines is 2. The van der Waals surface area contributed by atoms with E-state index < -0.39 is 0 Å². The molecule has 0 unspecified atom stereocenters. The summed E-state index contributed by atoms with van der Waals surface area (Å²) >= 11 is 0. The molecular formula is C27H30N6O3. The highest BCUT2D eigenvalue weighted by Gasteiger charge is 2.26. The second kappa shape index (κ2) is 10.2. The topological polar surface area (TPSA) is 93.4 Å². The van der Waals surface area contributed by atoms with Crippen LogP contribution in [-0.4, -0.2) is 60.2 Å². The SMILES string of the molecule is CNc1c(N2CCNCC2)n(Cc2ccccc2)c2c(=O)n(CC(=O)c3cccc(OC)c3)cnc12. The van der Waals surface area contributed by atoms with E-state index in [1.807, 2.05) is 41.9 Å². The number of piperazine rings is 1. The molecule has 0 radical (unpaired) electrons. The molecule has 2 aromatic heterocycles. The van der Waals surface area contributed by atoms with Crippen LogP contribution in [0.25, 0.3) is 11.0 Å². The molecule has 1 aliphatic heterocycles. The normalized spacial score (nSPS) is 13.7. The molecule has 2 N–H and O–H groups in total. The zero-order valence-electron chi connectivity index (χ0n) is 20.5. The van der Waals surface area contributed by atoms with Crippen LogP contribution in [-0.2, 0) is 13.1 Å². The molecule has 1 fully saturated rings. The molecule has 0 spiro atoms. The lowest BCUT2D eigenvalue weighted by Crippen LogP contribution is -2.44. The number of nitrogens with one attached hydrogen (secondary N) is 2. The standard InChI is InChI=1S/C27H30N6O3/c1-28-24-23-25(27(35)32(18-30-23)17-22(34)20-9-6-10-21(15-20)36-2)33(16-19-7-4-3-5-8-19)26(24)31-13-11-29-12-14-31/h3-10,15,18,28-29H,11-14,16-17H2,1-2H3. The minimum absolute atomic E-state index is 0.108. The van der Waals surface area contributed by atoms with Gasteiger partial charge in [-0.05, 0) is 17.7 Å². The van der Waals surface area contributed by atoms with Crippen LogP contribution < -0.4 is 25.8 Å². The zero-order valence-corrected chi connectivity index (χ0v) is 20.5. The van der Waals surface area contributed by atoms with Gasteiger partial charge in [-0.1, -0.05) is 42.5 Å². The largest absolute Gasteiger partial charge is 0.497 e. The molecule has 1 saturated heterocycles. The maximum Gasteiger partial charge on any atom is 0.278 e. The number of Topliss-reactive ketones (excluding diaryl/α,β-unsaturated/α-hetero) is 1. The van der Waals surface area contributed by atoms with Gasteiger partial charge in [0.25, 0.3) is 5.56 Å². The van der Waals surface area contributed by atoms with Gasteiger partial charge in [0, 0.05) is 45.3 Å². The highest BCUT2D eigenvalue weighted by molar-refractivity contribution is 5.98. The first kappa shape index (κ1) is 23.6. The molecule has 186 valence electrons. The Morgan fingerprint density at radius 2 is 1.89 bits per heavy atom. The maximum absolute atomic E-state index is 13.9. The number of fused-ring (bicyclic) bond motifs is 1. The lowest BCUT2D eigenvalue weighted by Gasteiger charge is -2.31. The first-order valence-electron chi connectivity index (χ1n) is 12.1. The Bertz CT molecular complexity index is 1440. The van der Waals surface area contributed by atoms with Crippen molar-refractivity contribution in [3.8, 4) is 5.75 Å². The first-order valence-corrected chi connectivity index (χ1v) is 12.1. The molecule has 0 saturated carbocycles. The monoisotopic (exact) mass is 486 g/mol. The molecule has 4 aromatic rings. The molecule has 1 aliphatic rings. The Kier molecular flexibility index (Phi) is 6.73. The van der Waals surface area contributed by atoms with Crippen LogP contribution in [0.4, 0.5) is 11.5 Å². The van der Waals surface area contributed by atoms with E-state index in [0.29, 0.717) is 28.9 Å². The van der Waals surface area contributed by atoms with Gasteiger partial charge < -0.3 is 24.8 Å². The van der Waals surface area contributed by atoms with Gasteiger partial charge in [-0.15, -0.1) is 0 Å². The number of ether oxygens (including phenoxy) is 1. The van der Waals surface area contributed by atoms with Gasteiger partial charge in [0.05, 0.1) is 20.0 Å². The Morgan fingerprint density at radius 1 is 1.11 bits per heavy atom. The molecule has 9 nitrogen and oxygen atoms in total. The predicted octanol–water partition coefficient (Wildman–Crippen LogP) is 2.59. The first-order chi connectivity index (χ1) is 17.6. The highest BCUT2D eigenvalue weighted by Crippen LogP contribution is 2.36. The highest BCUT2D eigenvalue weighted by atomic mass is 16.5. The zero-order chi connectivity index (χ0) is 25.1. The Morgan fingerprint density at radius 3 is 2.61 bits per heavy atom. The van der Waals surface area contributed by atoms with Gasteiger partial charge in [-0.25, -0.2) is 4.98 Å². The quantitative estimate of drug-likeness (QED) is 0.370. The van der Waals surface area contributed by atoms with Crippen LogP contribution in [0, 0.1) is 0 Å². The van der Waals surface area contributed by atoms with E-state index in [4.69, 9.17) is 4.74 Å². The molecule has 36 heavy (non-hydrogen) atoms.